The molecule has 2 aromatic heterocycles. The predicted octanol–water partition coefficient (Wildman–Crippen LogP) is 12.0. The first kappa shape index (κ1) is 27.5. The summed E-state index contributed by atoms with van der Waals surface area (Å²) in [6.45, 7) is 0. The Labute approximate surface area is 283 Å². The Morgan fingerprint density at radius 3 is 1.39 bits per heavy atom. The van der Waals surface area contributed by atoms with Crippen molar-refractivity contribution in [2.24, 2.45) is 0 Å². The molecule has 3 heteroatoms. The van der Waals surface area contributed by atoms with Gasteiger partial charge in [0.1, 0.15) is 0 Å². The van der Waals surface area contributed by atoms with Crippen molar-refractivity contribution >= 4 is 54.4 Å². The third kappa shape index (κ3) is 4.44. The van der Waals surface area contributed by atoms with E-state index in [1.54, 1.807) is 12.4 Å². The molecule has 0 saturated carbocycles. The van der Waals surface area contributed by atoms with Crippen molar-refractivity contribution in [3.05, 3.63) is 176 Å². The molecule has 3 nitrogen and oxygen atoms in total. The number of fused-ring (bicyclic) bond motifs is 9. The van der Waals surface area contributed by atoms with Crippen LogP contribution in [0.3, 0.4) is 0 Å². The summed E-state index contributed by atoms with van der Waals surface area (Å²) in [5, 5.41) is 7.20. The summed E-state index contributed by atoms with van der Waals surface area (Å²) in [7, 11) is 0. The van der Waals surface area contributed by atoms with E-state index in [1.165, 1.54) is 66.0 Å². The molecule has 0 N–H and O–H groups in total. The molecule has 0 radical (unpaired) electrons. The second-order valence-corrected chi connectivity index (χ2v) is 12.6. The highest BCUT2D eigenvalue weighted by molar-refractivity contribution is 6.23. The smallest absolute Gasteiger partial charge is 0.0971 e. The first-order valence-electron chi connectivity index (χ1n) is 16.7. The van der Waals surface area contributed by atoms with Gasteiger partial charge in [-0.2, -0.15) is 0 Å². The Balaban J connectivity index is 0.977. The predicted molar refractivity (Wildman–Crippen MR) is 205 cm³/mol. The van der Waals surface area contributed by atoms with Crippen molar-refractivity contribution in [3.8, 4) is 39.1 Å². The highest BCUT2D eigenvalue weighted by Crippen LogP contribution is 2.37. The summed E-state index contributed by atoms with van der Waals surface area (Å²) >= 11 is 0. The van der Waals surface area contributed by atoms with Crippen molar-refractivity contribution in [1.29, 1.82) is 0 Å². The molecule has 10 aromatic rings. The number of hydrogen-bond acceptors (Lipinski definition) is 2. The van der Waals surface area contributed by atoms with E-state index in [-0.39, 0.29) is 0 Å². The number of nitrogens with zero attached hydrogens (tertiary/aromatic N) is 3. The minimum absolute atomic E-state index is 0.943. The summed E-state index contributed by atoms with van der Waals surface area (Å²) < 4.78 is 2.36. The first-order chi connectivity index (χ1) is 24.3. The SMILES string of the molecule is c1cc(-c2ccc(-c3ccc(-n4c5ccccc5c5ccccc54)cc3)cc2)cc(-c2ccc3c(c2)c2ccccc2c2nccnc32)c1. The number of hydrogen-bond donors (Lipinski definition) is 0. The molecule has 0 aliphatic heterocycles. The first-order valence-corrected chi connectivity index (χ1v) is 16.7. The molecule has 0 saturated heterocycles. The van der Waals surface area contributed by atoms with Gasteiger partial charge in [0.05, 0.1) is 22.1 Å². The Bertz CT molecular complexity index is 2770. The highest BCUT2D eigenvalue weighted by atomic mass is 15.0. The van der Waals surface area contributed by atoms with E-state index in [9.17, 15) is 0 Å². The molecule has 0 aliphatic carbocycles. The maximum absolute atomic E-state index is 4.72. The lowest BCUT2D eigenvalue weighted by Crippen LogP contribution is -1.93. The molecular weight excluding hydrogens is 595 g/mol. The number of para-hydroxylation sites is 2. The zero-order chi connectivity index (χ0) is 32.3. The summed E-state index contributed by atoms with van der Waals surface area (Å²) in [4.78, 5) is 9.40. The van der Waals surface area contributed by atoms with Crippen molar-refractivity contribution in [1.82, 2.24) is 14.5 Å². The van der Waals surface area contributed by atoms with Crippen LogP contribution in [0.15, 0.2) is 176 Å². The molecule has 10 rings (SSSR count). The van der Waals surface area contributed by atoms with Crippen molar-refractivity contribution < 1.29 is 0 Å². The second-order valence-electron chi connectivity index (χ2n) is 12.6. The third-order valence-corrected chi connectivity index (χ3v) is 9.90. The van der Waals surface area contributed by atoms with E-state index >= 15 is 0 Å². The van der Waals surface area contributed by atoms with Crippen LogP contribution in [0.25, 0.3) is 93.5 Å². The van der Waals surface area contributed by atoms with Gasteiger partial charge in [0.15, 0.2) is 0 Å². The van der Waals surface area contributed by atoms with Crippen LogP contribution in [0.2, 0.25) is 0 Å². The number of aromatic nitrogens is 3. The maximum Gasteiger partial charge on any atom is 0.0971 e. The third-order valence-electron chi connectivity index (χ3n) is 9.90. The number of rotatable bonds is 4. The summed E-state index contributed by atoms with van der Waals surface area (Å²) in [6, 6.07) is 59.2. The van der Waals surface area contributed by atoms with Crippen LogP contribution in [0.1, 0.15) is 0 Å². The van der Waals surface area contributed by atoms with Crippen LogP contribution >= 0.6 is 0 Å². The fourth-order valence-electron chi connectivity index (χ4n) is 7.55. The molecule has 0 amide bonds. The molecule has 8 aromatic carbocycles. The summed E-state index contributed by atoms with van der Waals surface area (Å²) in [5.74, 6) is 0. The molecule has 2 heterocycles. The summed E-state index contributed by atoms with van der Waals surface area (Å²) in [5.41, 5.74) is 12.7. The van der Waals surface area contributed by atoms with Gasteiger partial charge in [-0.25, -0.2) is 0 Å². The fourth-order valence-corrected chi connectivity index (χ4v) is 7.55. The molecule has 0 unspecified atom stereocenters. The van der Waals surface area contributed by atoms with Crippen LogP contribution in [-0.4, -0.2) is 14.5 Å². The molecule has 228 valence electrons. The topological polar surface area (TPSA) is 30.7 Å². The van der Waals surface area contributed by atoms with Gasteiger partial charge in [0.2, 0.25) is 0 Å². The lowest BCUT2D eigenvalue weighted by atomic mass is 9.94. The van der Waals surface area contributed by atoms with Crippen molar-refractivity contribution in [3.63, 3.8) is 0 Å². The Kier molecular flexibility index (Phi) is 6.18. The van der Waals surface area contributed by atoms with Gasteiger partial charge in [-0.3, -0.25) is 9.97 Å². The molecule has 0 spiro atoms. The van der Waals surface area contributed by atoms with Crippen molar-refractivity contribution in [2.45, 2.75) is 0 Å². The van der Waals surface area contributed by atoms with Gasteiger partial charge in [0.25, 0.3) is 0 Å². The average molecular weight is 624 g/mol. The minimum Gasteiger partial charge on any atom is -0.309 e. The number of benzene rings is 8. The van der Waals surface area contributed by atoms with E-state index in [0.717, 1.165) is 27.5 Å². The molecular formula is C46H29N3. The zero-order valence-corrected chi connectivity index (χ0v) is 26.6. The monoisotopic (exact) mass is 623 g/mol. The molecule has 0 fully saturated rings. The fraction of sp³-hybridized carbons (Fsp3) is 0. The molecule has 49 heavy (non-hydrogen) atoms. The maximum atomic E-state index is 4.72. The highest BCUT2D eigenvalue weighted by Gasteiger charge is 2.13. The van der Waals surface area contributed by atoms with Crippen LogP contribution < -0.4 is 0 Å². The van der Waals surface area contributed by atoms with E-state index in [2.05, 4.69) is 173 Å². The van der Waals surface area contributed by atoms with E-state index in [0.29, 0.717) is 0 Å². The standard InChI is InChI=1S/C46H29N3/c1-2-13-40-37(10-1)42-29-35(22-25-41(42)46-45(40)47-26-27-48-46)34-9-7-8-33(28-34)32-18-16-30(17-19-32)31-20-23-36(24-21-31)49-43-14-5-3-11-38(43)39-12-4-6-15-44(39)49/h1-29H. The summed E-state index contributed by atoms with van der Waals surface area (Å²) in [6.07, 6.45) is 3.55. The van der Waals surface area contributed by atoms with Crippen molar-refractivity contribution in [2.75, 3.05) is 0 Å². The van der Waals surface area contributed by atoms with Gasteiger partial charge < -0.3 is 4.57 Å². The normalized spacial score (nSPS) is 11.7. The van der Waals surface area contributed by atoms with Gasteiger partial charge in [0, 0.05) is 39.6 Å². The average Bonchev–Trinajstić information content (AvgIpc) is 3.52. The van der Waals surface area contributed by atoms with Gasteiger partial charge in [-0.1, -0.05) is 127 Å². The quantitative estimate of drug-likeness (QED) is 0.183. The Morgan fingerprint density at radius 1 is 0.306 bits per heavy atom. The van der Waals surface area contributed by atoms with Gasteiger partial charge in [-0.15, -0.1) is 0 Å². The van der Waals surface area contributed by atoms with E-state index in [1.807, 2.05) is 0 Å². The second kappa shape index (κ2) is 11.0. The van der Waals surface area contributed by atoms with E-state index < -0.39 is 0 Å². The lowest BCUT2D eigenvalue weighted by molar-refractivity contribution is 1.18. The lowest BCUT2D eigenvalue weighted by Gasteiger charge is -2.12. The molecule has 0 aliphatic rings. The Morgan fingerprint density at radius 2 is 0.755 bits per heavy atom. The Hall–Kier alpha value is -6.58. The van der Waals surface area contributed by atoms with Crippen LogP contribution in [0.5, 0.6) is 0 Å². The zero-order valence-electron chi connectivity index (χ0n) is 26.6. The molecule has 0 bridgehead atoms. The van der Waals surface area contributed by atoms with Gasteiger partial charge >= 0.3 is 0 Å². The van der Waals surface area contributed by atoms with Crippen LogP contribution in [0.4, 0.5) is 0 Å². The largest absolute Gasteiger partial charge is 0.309 e. The minimum atomic E-state index is 0.943. The van der Waals surface area contributed by atoms with Crippen LogP contribution in [0, 0.1) is 0 Å². The van der Waals surface area contributed by atoms with Gasteiger partial charge in [-0.05, 0) is 80.6 Å². The molecule has 0 atom stereocenters. The van der Waals surface area contributed by atoms with Crippen LogP contribution in [-0.2, 0) is 0 Å². The van der Waals surface area contributed by atoms with E-state index in [4.69, 9.17) is 4.98 Å².